The number of nitrogens with zero attached hydrogens (tertiary/aromatic N) is 2. The number of carbonyl (C=O) groups is 2. The Morgan fingerprint density at radius 2 is 1.48 bits per heavy atom. The lowest BCUT2D eigenvalue weighted by Crippen LogP contribution is -2.51. The van der Waals surface area contributed by atoms with Gasteiger partial charge in [-0.2, -0.15) is 0 Å². The fourth-order valence-corrected chi connectivity index (χ4v) is 5.70. The Balaban J connectivity index is 2.06. The number of benzene rings is 3. The fraction of sp³-hybridized carbons (Fsp3) is 0.355. The molecule has 1 N–H and O–H groups in total. The van der Waals surface area contributed by atoms with Gasteiger partial charge in [0.2, 0.25) is 11.8 Å². The van der Waals surface area contributed by atoms with Crippen LogP contribution in [0.4, 0.5) is 10.1 Å². The van der Waals surface area contributed by atoms with Crippen LogP contribution in [0.3, 0.4) is 0 Å². The summed E-state index contributed by atoms with van der Waals surface area (Å²) in [4.78, 5) is 28.2. The molecule has 7 nitrogen and oxygen atoms in total. The molecule has 0 heterocycles. The molecule has 0 spiro atoms. The normalized spacial score (nSPS) is 12.2. The maximum atomic E-state index is 14.6. The molecule has 3 rings (SSSR count). The van der Waals surface area contributed by atoms with E-state index in [4.69, 9.17) is 0 Å². The number of anilines is 1. The van der Waals surface area contributed by atoms with Gasteiger partial charge in [-0.1, -0.05) is 55.8 Å². The van der Waals surface area contributed by atoms with Crippen molar-refractivity contribution in [2.75, 3.05) is 17.4 Å². The van der Waals surface area contributed by atoms with Crippen molar-refractivity contribution in [3.63, 3.8) is 0 Å². The number of halogens is 1. The molecule has 0 bridgehead atoms. The molecule has 1 atom stereocenters. The first-order valence-corrected chi connectivity index (χ1v) is 14.7. The SMILES string of the molecule is Cc1ccc(S(=O)(=O)N(CC(=O)N(Cc2ccccc2F)[C@H](C)C(=O)NCC(C)C)c2cc(C)cc(C)c2)cc1. The highest BCUT2D eigenvalue weighted by atomic mass is 32.2. The maximum absolute atomic E-state index is 14.6. The van der Waals surface area contributed by atoms with Gasteiger partial charge < -0.3 is 10.2 Å². The molecule has 3 aromatic rings. The summed E-state index contributed by atoms with van der Waals surface area (Å²) in [5, 5.41) is 2.82. The molecule has 0 aliphatic rings. The van der Waals surface area contributed by atoms with Crippen molar-refractivity contribution in [2.45, 2.75) is 59.0 Å². The molecule has 214 valence electrons. The van der Waals surface area contributed by atoms with E-state index in [2.05, 4.69) is 5.32 Å². The molecule has 0 radical (unpaired) electrons. The summed E-state index contributed by atoms with van der Waals surface area (Å²) in [6.07, 6.45) is 0. The lowest BCUT2D eigenvalue weighted by atomic mass is 10.1. The topological polar surface area (TPSA) is 86.8 Å². The quantitative estimate of drug-likeness (QED) is 0.348. The molecule has 0 aliphatic heterocycles. The summed E-state index contributed by atoms with van der Waals surface area (Å²) in [7, 11) is -4.17. The standard InChI is InChI=1S/C31H38FN3O4S/c1-21(2)18-33-31(37)25(6)34(19-26-9-7-8-10-29(26)32)30(36)20-35(27-16-23(4)15-24(5)17-27)40(38,39)28-13-11-22(3)12-14-28/h7-17,21,25H,18-20H2,1-6H3,(H,33,37)/t25-/m1/s1. The van der Waals surface area contributed by atoms with Gasteiger partial charge in [0.15, 0.2) is 0 Å². The van der Waals surface area contributed by atoms with Gasteiger partial charge in [-0.05, 0) is 75.1 Å². The number of rotatable bonds is 11. The molecule has 0 aromatic heterocycles. The first-order chi connectivity index (χ1) is 18.8. The van der Waals surface area contributed by atoms with Crippen LogP contribution in [0.5, 0.6) is 0 Å². The summed E-state index contributed by atoms with van der Waals surface area (Å²) in [6.45, 7) is 10.6. The molecule has 2 amide bonds. The second kappa shape index (κ2) is 13.1. The van der Waals surface area contributed by atoms with Gasteiger partial charge in [0.05, 0.1) is 10.6 Å². The summed E-state index contributed by atoms with van der Waals surface area (Å²) >= 11 is 0. The summed E-state index contributed by atoms with van der Waals surface area (Å²) in [5.41, 5.74) is 3.10. The van der Waals surface area contributed by atoms with E-state index in [0.717, 1.165) is 21.0 Å². The highest BCUT2D eigenvalue weighted by Gasteiger charge is 2.33. The Hall–Kier alpha value is -3.72. The summed E-state index contributed by atoms with van der Waals surface area (Å²) < 4.78 is 43.6. The fourth-order valence-electron chi connectivity index (χ4n) is 4.31. The minimum atomic E-state index is -4.17. The van der Waals surface area contributed by atoms with Crippen molar-refractivity contribution in [2.24, 2.45) is 5.92 Å². The van der Waals surface area contributed by atoms with Crippen molar-refractivity contribution >= 4 is 27.5 Å². The lowest BCUT2D eigenvalue weighted by molar-refractivity contribution is -0.139. The van der Waals surface area contributed by atoms with Gasteiger partial charge >= 0.3 is 0 Å². The van der Waals surface area contributed by atoms with Crippen LogP contribution in [0, 0.1) is 32.5 Å². The number of amides is 2. The van der Waals surface area contributed by atoms with E-state index in [1.54, 1.807) is 49.4 Å². The summed E-state index contributed by atoms with van der Waals surface area (Å²) in [6, 6.07) is 16.7. The Bertz CT molecular complexity index is 1440. The van der Waals surface area contributed by atoms with Gasteiger partial charge in [-0.15, -0.1) is 0 Å². The molecule has 40 heavy (non-hydrogen) atoms. The molecule has 0 saturated carbocycles. The minimum Gasteiger partial charge on any atom is -0.354 e. The predicted molar refractivity (Wildman–Crippen MR) is 156 cm³/mol. The summed E-state index contributed by atoms with van der Waals surface area (Å²) in [5.74, 6) is -1.37. The molecule has 9 heteroatoms. The number of hydrogen-bond acceptors (Lipinski definition) is 4. The molecular weight excluding hydrogens is 529 g/mol. The van der Waals surface area contributed by atoms with Crippen molar-refractivity contribution < 1.29 is 22.4 Å². The maximum Gasteiger partial charge on any atom is 0.264 e. The van der Waals surface area contributed by atoms with E-state index in [-0.39, 0.29) is 22.9 Å². The second-order valence-electron chi connectivity index (χ2n) is 10.6. The van der Waals surface area contributed by atoms with Gasteiger partial charge in [0.25, 0.3) is 10.0 Å². The average Bonchev–Trinajstić information content (AvgIpc) is 2.88. The Morgan fingerprint density at radius 3 is 2.05 bits per heavy atom. The van der Waals surface area contributed by atoms with Crippen molar-refractivity contribution in [3.8, 4) is 0 Å². The Kier molecular flexibility index (Phi) is 10.1. The zero-order valence-corrected chi connectivity index (χ0v) is 24.8. The number of aryl methyl sites for hydroxylation is 3. The van der Waals surface area contributed by atoms with E-state index >= 15 is 0 Å². The molecule has 0 aliphatic carbocycles. The van der Waals surface area contributed by atoms with Crippen molar-refractivity contribution in [3.05, 3.63) is 94.8 Å². The molecule has 3 aromatic carbocycles. The number of hydrogen-bond donors (Lipinski definition) is 1. The Morgan fingerprint density at radius 1 is 0.875 bits per heavy atom. The predicted octanol–water partition coefficient (Wildman–Crippen LogP) is 5.14. The van der Waals surface area contributed by atoms with Crippen LogP contribution in [-0.4, -0.2) is 44.3 Å². The lowest BCUT2D eigenvalue weighted by Gasteiger charge is -2.32. The van der Waals surface area contributed by atoms with Gasteiger partial charge in [0.1, 0.15) is 18.4 Å². The van der Waals surface area contributed by atoms with Crippen LogP contribution < -0.4 is 9.62 Å². The second-order valence-corrected chi connectivity index (χ2v) is 12.5. The van der Waals surface area contributed by atoms with Crippen LogP contribution in [0.2, 0.25) is 0 Å². The highest BCUT2D eigenvalue weighted by molar-refractivity contribution is 7.92. The van der Waals surface area contributed by atoms with E-state index in [1.165, 1.54) is 23.1 Å². The molecular formula is C31H38FN3O4S. The van der Waals surface area contributed by atoms with Crippen LogP contribution in [0.15, 0.2) is 71.6 Å². The molecule has 0 fully saturated rings. The van der Waals surface area contributed by atoms with E-state index in [9.17, 15) is 22.4 Å². The Labute approximate surface area is 237 Å². The molecule has 0 unspecified atom stereocenters. The van der Waals surface area contributed by atoms with Crippen LogP contribution >= 0.6 is 0 Å². The van der Waals surface area contributed by atoms with Crippen LogP contribution in [0.1, 0.15) is 43.0 Å². The zero-order chi connectivity index (χ0) is 29.6. The number of nitrogens with one attached hydrogen (secondary N) is 1. The van der Waals surface area contributed by atoms with E-state index in [1.807, 2.05) is 40.7 Å². The minimum absolute atomic E-state index is 0.0356. The first kappa shape index (κ1) is 30.8. The van der Waals surface area contributed by atoms with Crippen LogP contribution in [0.25, 0.3) is 0 Å². The van der Waals surface area contributed by atoms with E-state index < -0.39 is 40.2 Å². The smallest absolute Gasteiger partial charge is 0.264 e. The number of carbonyl (C=O) groups excluding carboxylic acids is 2. The molecule has 0 saturated heterocycles. The number of sulfonamides is 1. The van der Waals surface area contributed by atoms with Gasteiger partial charge in [-0.25, -0.2) is 12.8 Å². The van der Waals surface area contributed by atoms with E-state index in [0.29, 0.717) is 12.2 Å². The van der Waals surface area contributed by atoms with Crippen molar-refractivity contribution in [1.82, 2.24) is 10.2 Å². The van der Waals surface area contributed by atoms with Gasteiger partial charge in [0, 0.05) is 18.7 Å². The van der Waals surface area contributed by atoms with Gasteiger partial charge in [-0.3, -0.25) is 13.9 Å². The third-order valence-electron chi connectivity index (χ3n) is 6.53. The third-order valence-corrected chi connectivity index (χ3v) is 8.32. The highest BCUT2D eigenvalue weighted by Crippen LogP contribution is 2.27. The first-order valence-electron chi connectivity index (χ1n) is 13.3. The largest absolute Gasteiger partial charge is 0.354 e. The third kappa shape index (κ3) is 7.69. The average molecular weight is 568 g/mol. The zero-order valence-electron chi connectivity index (χ0n) is 23.9. The monoisotopic (exact) mass is 567 g/mol. The van der Waals surface area contributed by atoms with Crippen LogP contribution in [-0.2, 0) is 26.2 Å². The van der Waals surface area contributed by atoms with Crippen molar-refractivity contribution in [1.29, 1.82) is 0 Å².